The van der Waals surface area contributed by atoms with Gasteiger partial charge in [-0.15, -0.1) is 0 Å². The normalized spacial score (nSPS) is 19.2. The summed E-state index contributed by atoms with van der Waals surface area (Å²) in [5, 5.41) is 28.0. The zero-order valence-electron chi connectivity index (χ0n) is 34.9. The standard InChI is InChI=1S/C46H90O4/c1-7-13-19-25-31-43(32-26-20-14-8-2,45(47,33-27-21-15-9-3)34-28-22-16-10-4)44(37-41-39-49-41,38-42-40-50-42)46(48,35-29-23-17-11-5)36-30-24-18-12-6/h41-42,47-48H,7-40H2,1-6H3. The molecule has 4 nitrogen and oxygen atoms in total. The van der Waals surface area contributed by atoms with E-state index in [1.807, 2.05) is 0 Å². The van der Waals surface area contributed by atoms with Crippen LogP contribution in [0.4, 0.5) is 0 Å². The van der Waals surface area contributed by atoms with E-state index in [0.717, 1.165) is 103 Å². The highest BCUT2D eigenvalue weighted by Gasteiger charge is 2.69. The van der Waals surface area contributed by atoms with Crippen LogP contribution in [0.1, 0.15) is 247 Å². The van der Waals surface area contributed by atoms with Gasteiger partial charge in [-0.3, -0.25) is 0 Å². The molecule has 2 heterocycles. The Hall–Kier alpha value is -0.160. The van der Waals surface area contributed by atoms with Crippen molar-refractivity contribution in [2.45, 2.75) is 270 Å². The Kier molecular flexibility index (Phi) is 23.7. The predicted octanol–water partition coefficient (Wildman–Crippen LogP) is 13.8. The van der Waals surface area contributed by atoms with E-state index in [1.54, 1.807) is 0 Å². The second-order valence-electron chi connectivity index (χ2n) is 17.4. The third-order valence-electron chi connectivity index (χ3n) is 13.3. The monoisotopic (exact) mass is 707 g/mol. The smallest absolute Gasteiger partial charge is 0.0816 e. The zero-order valence-corrected chi connectivity index (χ0v) is 34.9. The van der Waals surface area contributed by atoms with Crippen LogP contribution in [-0.4, -0.2) is 46.8 Å². The van der Waals surface area contributed by atoms with Crippen LogP contribution in [0.2, 0.25) is 0 Å². The molecule has 2 rings (SSSR count). The van der Waals surface area contributed by atoms with Crippen molar-refractivity contribution in [1.29, 1.82) is 0 Å². The molecule has 2 atom stereocenters. The van der Waals surface area contributed by atoms with Crippen LogP contribution in [0.15, 0.2) is 0 Å². The quantitative estimate of drug-likeness (QED) is 0.0498. The van der Waals surface area contributed by atoms with Gasteiger partial charge >= 0.3 is 0 Å². The average Bonchev–Trinajstić information content (AvgIpc) is 4.06. The minimum atomic E-state index is -0.845. The van der Waals surface area contributed by atoms with Crippen molar-refractivity contribution >= 4 is 0 Å². The number of epoxide rings is 2. The van der Waals surface area contributed by atoms with Crippen molar-refractivity contribution < 1.29 is 19.7 Å². The van der Waals surface area contributed by atoms with Gasteiger partial charge in [-0.2, -0.15) is 0 Å². The summed E-state index contributed by atoms with van der Waals surface area (Å²) in [6.45, 7) is 15.5. The van der Waals surface area contributed by atoms with E-state index in [9.17, 15) is 10.2 Å². The third kappa shape index (κ3) is 14.6. The minimum absolute atomic E-state index is 0.196. The summed E-state index contributed by atoms with van der Waals surface area (Å²) >= 11 is 0. The number of aliphatic hydroxyl groups is 2. The Bertz CT molecular complexity index is 752. The maximum atomic E-state index is 14.0. The van der Waals surface area contributed by atoms with Gasteiger partial charge in [-0.1, -0.05) is 196 Å². The van der Waals surface area contributed by atoms with E-state index in [0.29, 0.717) is 0 Å². The number of ether oxygens (including phenoxy) is 2. The highest BCUT2D eigenvalue weighted by molar-refractivity contribution is 5.18. The molecule has 0 amide bonds. The van der Waals surface area contributed by atoms with Crippen molar-refractivity contribution in [2.75, 3.05) is 13.2 Å². The fraction of sp³-hybridized carbons (Fsp3) is 1.00. The molecule has 0 saturated carbocycles. The molecule has 2 unspecified atom stereocenters. The van der Waals surface area contributed by atoms with Gasteiger partial charge in [0.25, 0.3) is 0 Å². The van der Waals surface area contributed by atoms with Crippen molar-refractivity contribution in [3.63, 3.8) is 0 Å². The lowest BCUT2D eigenvalue weighted by Crippen LogP contribution is -2.67. The number of unbranched alkanes of at least 4 members (excludes halogenated alkanes) is 18. The first-order valence-corrected chi connectivity index (χ1v) is 23.0. The van der Waals surface area contributed by atoms with Crippen LogP contribution in [-0.2, 0) is 9.47 Å². The molecule has 2 aliphatic rings. The summed E-state index contributed by atoms with van der Waals surface area (Å²) in [4.78, 5) is 0. The summed E-state index contributed by atoms with van der Waals surface area (Å²) < 4.78 is 12.5. The van der Waals surface area contributed by atoms with Crippen LogP contribution in [0, 0.1) is 10.8 Å². The van der Waals surface area contributed by atoms with Gasteiger partial charge in [0, 0.05) is 10.8 Å². The van der Waals surface area contributed by atoms with Crippen LogP contribution in [0.25, 0.3) is 0 Å². The van der Waals surface area contributed by atoms with Crippen LogP contribution in [0.5, 0.6) is 0 Å². The lowest BCUT2D eigenvalue weighted by molar-refractivity contribution is -0.256. The number of hydrogen-bond acceptors (Lipinski definition) is 4. The van der Waals surface area contributed by atoms with Crippen molar-refractivity contribution in [2.24, 2.45) is 10.8 Å². The highest BCUT2D eigenvalue weighted by Crippen LogP contribution is 2.68. The topological polar surface area (TPSA) is 65.5 Å². The molecule has 2 aliphatic heterocycles. The summed E-state index contributed by atoms with van der Waals surface area (Å²) in [5.74, 6) is 0. The second-order valence-corrected chi connectivity index (χ2v) is 17.4. The molecule has 0 radical (unpaired) electrons. The van der Waals surface area contributed by atoms with Gasteiger partial charge in [-0.05, 0) is 51.4 Å². The van der Waals surface area contributed by atoms with E-state index < -0.39 is 16.6 Å². The van der Waals surface area contributed by atoms with Gasteiger partial charge in [0.1, 0.15) is 0 Å². The molecule has 0 aromatic carbocycles. The Labute approximate surface area is 313 Å². The van der Waals surface area contributed by atoms with Gasteiger partial charge in [-0.25, -0.2) is 0 Å². The molecule has 0 bridgehead atoms. The zero-order chi connectivity index (χ0) is 36.6. The van der Waals surface area contributed by atoms with Gasteiger partial charge in [0.2, 0.25) is 0 Å². The molecule has 0 aliphatic carbocycles. The van der Waals surface area contributed by atoms with Crippen LogP contribution < -0.4 is 0 Å². The molecule has 4 heteroatoms. The number of rotatable bonds is 37. The van der Waals surface area contributed by atoms with Crippen molar-refractivity contribution in [1.82, 2.24) is 0 Å². The van der Waals surface area contributed by atoms with E-state index in [4.69, 9.17) is 9.47 Å². The fourth-order valence-corrected chi connectivity index (χ4v) is 10.3. The Morgan fingerprint density at radius 3 is 0.840 bits per heavy atom. The molecular formula is C46H90O4. The van der Waals surface area contributed by atoms with E-state index >= 15 is 0 Å². The molecular weight excluding hydrogens is 617 g/mol. The van der Waals surface area contributed by atoms with Gasteiger partial charge < -0.3 is 19.7 Å². The van der Waals surface area contributed by atoms with Crippen molar-refractivity contribution in [3.8, 4) is 0 Å². The molecule has 0 aromatic heterocycles. The third-order valence-corrected chi connectivity index (χ3v) is 13.3. The Balaban J connectivity index is 2.91. The maximum Gasteiger partial charge on any atom is 0.0816 e. The molecule has 2 saturated heterocycles. The van der Waals surface area contributed by atoms with Gasteiger partial charge in [0.05, 0.1) is 36.6 Å². The summed E-state index contributed by atoms with van der Waals surface area (Å²) in [5.41, 5.74) is -2.47. The molecule has 0 aromatic rings. The SMILES string of the molecule is CCCCCCC(O)(CCCCCC)C(CCCCCC)(CCCCCC)C(CC1CO1)(CC1CO1)C(O)(CCCCCC)CCCCCC. The molecule has 2 N–H and O–H groups in total. The summed E-state index contributed by atoms with van der Waals surface area (Å²) in [6, 6.07) is 0. The minimum Gasteiger partial charge on any atom is -0.389 e. The lowest BCUT2D eigenvalue weighted by Gasteiger charge is -2.65. The summed E-state index contributed by atoms with van der Waals surface area (Å²) in [6.07, 6.45) is 36.2. The fourth-order valence-electron chi connectivity index (χ4n) is 10.3. The van der Waals surface area contributed by atoms with Crippen LogP contribution in [0.3, 0.4) is 0 Å². The molecule has 0 spiro atoms. The first kappa shape index (κ1) is 46.0. The van der Waals surface area contributed by atoms with Crippen LogP contribution >= 0.6 is 0 Å². The lowest BCUT2D eigenvalue weighted by atomic mass is 9.41. The van der Waals surface area contributed by atoms with E-state index in [2.05, 4.69) is 41.5 Å². The first-order valence-electron chi connectivity index (χ1n) is 23.0. The molecule has 2 fully saturated rings. The first-order chi connectivity index (χ1) is 24.3. The number of hydrogen-bond donors (Lipinski definition) is 2. The van der Waals surface area contributed by atoms with Crippen molar-refractivity contribution in [3.05, 3.63) is 0 Å². The average molecular weight is 707 g/mol. The summed E-state index contributed by atoms with van der Waals surface area (Å²) in [7, 11) is 0. The predicted molar refractivity (Wildman–Crippen MR) is 216 cm³/mol. The second kappa shape index (κ2) is 25.8. The van der Waals surface area contributed by atoms with E-state index in [1.165, 1.54) is 116 Å². The Morgan fingerprint density at radius 2 is 0.600 bits per heavy atom. The highest BCUT2D eigenvalue weighted by atomic mass is 16.6. The molecule has 298 valence electrons. The van der Waals surface area contributed by atoms with E-state index in [-0.39, 0.29) is 17.6 Å². The largest absolute Gasteiger partial charge is 0.389 e. The molecule has 50 heavy (non-hydrogen) atoms. The van der Waals surface area contributed by atoms with Gasteiger partial charge in [0.15, 0.2) is 0 Å². The Morgan fingerprint density at radius 1 is 0.360 bits per heavy atom. The maximum absolute atomic E-state index is 14.0.